The second-order valence-corrected chi connectivity index (χ2v) is 4.87. The quantitative estimate of drug-likeness (QED) is 0.779. The first-order valence-corrected chi connectivity index (χ1v) is 6.56. The van der Waals surface area contributed by atoms with E-state index in [9.17, 15) is 0 Å². The summed E-state index contributed by atoms with van der Waals surface area (Å²) in [4.78, 5) is 8.44. The number of aromatic nitrogens is 5. The normalized spacial score (nSPS) is 15.9. The van der Waals surface area contributed by atoms with Gasteiger partial charge in [-0.2, -0.15) is 19.4 Å². The van der Waals surface area contributed by atoms with Crippen LogP contribution < -0.4 is 4.90 Å². The standard InChI is InChI=1S/C10H14N6OS/c1-17-5-2-9-13-10(18-14-9)15-6-8(7-15)16-11-3-4-12-16/h3-4,8H,2,5-7H2,1H3. The van der Waals surface area contributed by atoms with E-state index >= 15 is 0 Å². The largest absolute Gasteiger partial charge is 0.384 e. The van der Waals surface area contributed by atoms with Crippen LogP contribution in [0, 0.1) is 0 Å². The molecule has 0 saturated carbocycles. The highest BCUT2D eigenvalue weighted by molar-refractivity contribution is 7.09. The van der Waals surface area contributed by atoms with E-state index in [0.717, 1.165) is 30.5 Å². The lowest BCUT2D eigenvalue weighted by Gasteiger charge is -2.37. The molecule has 0 spiro atoms. The topological polar surface area (TPSA) is 69.0 Å². The average molecular weight is 266 g/mol. The van der Waals surface area contributed by atoms with Crippen LogP contribution in [0.4, 0.5) is 5.13 Å². The summed E-state index contributed by atoms with van der Waals surface area (Å²) in [5.74, 6) is 0.859. The average Bonchev–Trinajstić information content (AvgIpc) is 2.96. The fourth-order valence-corrected chi connectivity index (χ4v) is 2.57. The smallest absolute Gasteiger partial charge is 0.205 e. The molecule has 8 heteroatoms. The number of hydrogen-bond acceptors (Lipinski definition) is 7. The molecule has 1 saturated heterocycles. The molecule has 7 nitrogen and oxygen atoms in total. The van der Waals surface area contributed by atoms with Crippen molar-refractivity contribution in [2.24, 2.45) is 0 Å². The highest BCUT2D eigenvalue weighted by Gasteiger charge is 2.31. The van der Waals surface area contributed by atoms with Gasteiger partial charge in [-0.1, -0.05) is 0 Å². The van der Waals surface area contributed by atoms with Crippen LogP contribution in [0.5, 0.6) is 0 Å². The number of methoxy groups -OCH3 is 1. The third-order valence-electron chi connectivity index (χ3n) is 2.88. The third-order valence-corrected chi connectivity index (χ3v) is 3.70. The molecule has 1 aliphatic heterocycles. The van der Waals surface area contributed by atoms with Crippen molar-refractivity contribution in [1.29, 1.82) is 0 Å². The van der Waals surface area contributed by atoms with Gasteiger partial charge in [-0.05, 0) is 0 Å². The lowest BCUT2D eigenvalue weighted by atomic mass is 10.1. The van der Waals surface area contributed by atoms with E-state index in [2.05, 4.69) is 24.5 Å². The molecule has 18 heavy (non-hydrogen) atoms. The van der Waals surface area contributed by atoms with Gasteiger partial charge in [0.1, 0.15) is 11.9 Å². The van der Waals surface area contributed by atoms with Gasteiger partial charge in [-0.15, -0.1) is 0 Å². The van der Waals surface area contributed by atoms with Crippen molar-refractivity contribution < 1.29 is 4.74 Å². The summed E-state index contributed by atoms with van der Waals surface area (Å²) in [5, 5.41) is 9.26. The Labute approximate surface area is 109 Å². The van der Waals surface area contributed by atoms with Crippen molar-refractivity contribution in [1.82, 2.24) is 24.4 Å². The van der Waals surface area contributed by atoms with Crippen LogP contribution in [0.3, 0.4) is 0 Å². The van der Waals surface area contributed by atoms with Crippen LogP contribution in [-0.2, 0) is 11.2 Å². The summed E-state index contributed by atoms with van der Waals surface area (Å²) in [6, 6.07) is 0.353. The Morgan fingerprint density at radius 1 is 1.39 bits per heavy atom. The fraction of sp³-hybridized carbons (Fsp3) is 0.600. The number of hydrogen-bond donors (Lipinski definition) is 0. The zero-order chi connectivity index (χ0) is 12.4. The Kier molecular flexibility index (Phi) is 3.20. The van der Waals surface area contributed by atoms with Gasteiger partial charge >= 0.3 is 0 Å². The molecule has 2 aromatic heterocycles. The zero-order valence-corrected chi connectivity index (χ0v) is 10.9. The molecule has 0 aromatic carbocycles. The monoisotopic (exact) mass is 266 g/mol. The van der Waals surface area contributed by atoms with Gasteiger partial charge in [0, 0.05) is 38.2 Å². The predicted molar refractivity (Wildman–Crippen MR) is 66.8 cm³/mol. The van der Waals surface area contributed by atoms with Gasteiger partial charge in [0.2, 0.25) is 5.13 Å². The number of anilines is 1. The van der Waals surface area contributed by atoms with Crippen molar-refractivity contribution >= 4 is 16.7 Å². The minimum atomic E-state index is 0.353. The molecule has 0 aliphatic carbocycles. The summed E-state index contributed by atoms with van der Waals surface area (Å²) in [6.45, 7) is 2.46. The van der Waals surface area contributed by atoms with Crippen LogP contribution in [0.1, 0.15) is 11.9 Å². The lowest BCUT2D eigenvalue weighted by Crippen LogP contribution is -2.48. The highest BCUT2D eigenvalue weighted by Crippen LogP contribution is 2.28. The Bertz CT molecular complexity index is 492. The van der Waals surface area contributed by atoms with Gasteiger partial charge in [0.25, 0.3) is 0 Å². The zero-order valence-electron chi connectivity index (χ0n) is 10.1. The molecule has 2 aromatic rings. The first kappa shape index (κ1) is 11.5. The molecule has 0 radical (unpaired) electrons. The van der Waals surface area contributed by atoms with E-state index < -0.39 is 0 Å². The maximum absolute atomic E-state index is 5.01. The van der Waals surface area contributed by atoms with Crippen LogP contribution in [0.2, 0.25) is 0 Å². The SMILES string of the molecule is COCCc1nsc(N2CC(n3nccn3)C2)n1. The molecule has 3 rings (SSSR count). The predicted octanol–water partition coefficient (Wildman–Crippen LogP) is 0.380. The van der Waals surface area contributed by atoms with E-state index in [-0.39, 0.29) is 0 Å². The van der Waals surface area contributed by atoms with Crippen LogP contribution in [-0.4, -0.2) is 51.2 Å². The summed E-state index contributed by atoms with van der Waals surface area (Å²) in [6.07, 6.45) is 4.18. The summed E-state index contributed by atoms with van der Waals surface area (Å²) >= 11 is 1.44. The molecule has 96 valence electrons. The van der Waals surface area contributed by atoms with Gasteiger partial charge in [0.15, 0.2) is 0 Å². The van der Waals surface area contributed by atoms with E-state index in [1.165, 1.54) is 11.5 Å². The Morgan fingerprint density at radius 2 is 2.17 bits per heavy atom. The number of ether oxygens (including phenoxy) is 1. The molecule has 1 aliphatic rings. The Morgan fingerprint density at radius 3 is 2.89 bits per heavy atom. The first-order chi connectivity index (χ1) is 8.86. The van der Waals surface area contributed by atoms with E-state index in [1.807, 2.05) is 0 Å². The molecular formula is C10H14N6OS. The fourth-order valence-electron chi connectivity index (χ4n) is 1.84. The molecule has 0 bridgehead atoms. The van der Waals surface area contributed by atoms with Gasteiger partial charge in [0.05, 0.1) is 19.0 Å². The van der Waals surface area contributed by atoms with Crippen molar-refractivity contribution in [2.45, 2.75) is 12.5 Å². The number of rotatable bonds is 5. The third kappa shape index (κ3) is 2.21. The second-order valence-electron chi connectivity index (χ2n) is 4.14. The second kappa shape index (κ2) is 4.99. The molecule has 0 atom stereocenters. The van der Waals surface area contributed by atoms with E-state index in [1.54, 1.807) is 24.3 Å². The highest BCUT2D eigenvalue weighted by atomic mass is 32.1. The Hall–Kier alpha value is -1.54. The van der Waals surface area contributed by atoms with Gasteiger partial charge in [-0.25, -0.2) is 4.98 Å². The summed E-state index contributed by atoms with van der Waals surface area (Å²) in [5.41, 5.74) is 0. The molecular weight excluding hydrogens is 252 g/mol. The van der Waals surface area contributed by atoms with Crippen LogP contribution in [0.25, 0.3) is 0 Å². The minimum absolute atomic E-state index is 0.353. The molecule has 1 fully saturated rings. The maximum Gasteiger partial charge on any atom is 0.205 e. The van der Waals surface area contributed by atoms with Crippen molar-refractivity contribution in [3.8, 4) is 0 Å². The summed E-state index contributed by atoms with van der Waals surface area (Å²) < 4.78 is 9.33. The van der Waals surface area contributed by atoms with E-state index in [0.29, 0.717) is 12.6 Å². The molecule has 3 heterocycles. The van der Waals surface area contributed by atoms with Gasteiger partial charge in [-0.3, -0.25) is 0 Å². The Balaban J connectivity index is 1.56. The minimum Gasteiger partial charge on any atom is -0.384 e. The van der Waals surface area contributed by atoms with Crippen molar-refractivity contribution in [3.05, 3.63) is 18.2 Å². The van der Waals surface area contributed by atoms with E-state index in [4.69, 9.17) is 4.74 Å². The van der Waals surface area contributed by atoms with Gasteiger partial charge < -0.3 is 9.64 Å². The molecule has 0 unspecified atom stereocenters. The molecule has 0 amide bonds. The summed E-state index contributed by atoms with van der Waals surface area (Å²) in [7, 11) is 1.68. The van der Waals surface area contributed by atoms with Crippen LogP contribution >= 0.6 is 11.5 Å². The first-order valence-electron chi connectivity index (χ1n) is 5.79. The number of nitrogens with zero attached hydrogens (tertiary/aromatic N) is 6. The lowest BCUT2D eigenvalue weighted by molar-refractivity contribution is 0.201. The van der Waals surface area contributed by atoms with Crippen LogP contribution in [0.15, 0.2) is 12.4 Å². The molecule has 0 N–H and O–H groups in total. The maximum atomic E-state index is 5.01. The van der Waals surface area contributed by atoms with Crippen molar-refractivity contribution in [3.63, 3.8) is 0 Å². The van der Waals surface area contributed by atoms with Crippen molar-refractivity contribution in [2.75, 3.05) is 31.7 Å².